The Morgan fingerprint density at radius 1 is 1.00 bits per heavy atom. The number of halogens is 3. The van der Waals surface area contributed by atoms with Crippen LogP contribution in [0.15, 0.2) is 65.6 Å². The molecule has 9 heteroatoms. The standard InChI is InChI=1S/C20H21F3N2O3S/c1-3-25(4-2)29(27,28)17-12-10-16(11-13-17)24-19(26)14-18(20(21,22)23)15-8-6-5-7-9-15/h5-14H,3-4H2,1-2H3,(H,24,26)/b18-14-. The van der Waals surface area contributed by atoms with Crippen LogP contribution >= 0.6 is 0 Å². The number of rotatable bonds is 7. The van der Waals surface area contributed by atoms with Crippen LogP contribution < -0.4 is 5.32 Å². The largest absolute Gasteiger partial charge is 0.417 e. The molecule has 0 aliphatic rings. The molecular formula is C20H21F3N2O3S. The van der Waals surface area contributed by atoms with E-state index in [1.54, 1.807) is 19.9 Å². The van der Waals surface area contributed by atoms with Gasteiger partial charge in [-0.1, -0.05) is 44.2 Å². The van der Waals surface area contributed by atoms with E-state index in [1.165, 1.54) is 52.8 Å². The Hall–Kier alpha value is -2.65. The predicted molar refractivity (Wildman–Crippen MR) is 106 cm³/mol. The van der Waals surface area contributed by atoms with Gasteiger partial charge in [0, 0.05) is 24.9 Å². The second-order valence-corrected chi connectivity index (χ2v) is 7.96. The third-order valence-electron chi connectivity index (χ3n) is 4.13. The van der Waals surface area contributed by atoms with Crippen LogP contribution in [0.1, 0.15) is 19.4 Å². The van der Waals surface area contributed by atoms with Gasteiger partial charge >= 0.3 is 6.18 Å². The first-order valence-corrected chi connectivity index (χ1v) is 10.3. The van der Waals surface area contributed by atoms with Gasteiger partial charge < -0.3 is 5.32 Å². The zero-order valence-corrected chi connectivity index (χ0v) is 16.7. The number of carbonyl (C=O) groups is 1. The van der Waals surface area contributed by atoms with Crippen molar-refractivity contribution in [3.8, 4) is 0 Å². The van der Waals surface area contributed by atoms with Gasteiger partial charge in [0.2, 0.25) is 15.9 Å². The summed E-state index contributed by atoms with van der Waals surface area (Å²) in [5.74, 6) is -0.972. The number of carbonyl (C=O) groups excluding carboxylic acids is 1. The molecule has 0 aliphatic carbocycles. The SMILES string of the molecule is CCN(CC)S(=O)(=O)c1ccc(NC(=O)/C=C(/c2ccccc2)C(F)(F)F)cc1. The second-order valence-electron chi connectivity index (χ2n) is 6.02. The molecular weight excluding hydrogens is 405 g/mol. The fraction of sp³-hybridized carbons (Fsp3) is 0.250. The van der Waals surface area contributed by atoms with Crippen molar-refractivity contribution in [1.82, 2.24) is 4.31 Å². The molecule has 1 N–H and O–H groups in total. The number of anilines is 1. The summed E-state index contributed by atoms with van der Waals surface area (Å²) in [5, 5.41) is 2.33. The Balaban J connectivity index is 2.23. The van der Waals surface area contributed by atoms with Gasteiger partial charge in [-0.05, 0) is 29.8 Å². The monoisotopic (exact) mass is 426 g/mol. The van der Waals surface area contributed by atoms with E-state index >= 15 is 0 Å². The van der Waals surface area contributed by atoms with Crippen molar-refractivity contribution in [3.05, 3.63) is 66.2 Å². The first-order chi connectivity index (χ1) is 13.6. The number of alkyl halides is 3. The molecule has 156 valence electrons. The summed E-state index contributed by atoms with van der Waals surface area (Å²) in [6.45, 7) is 4.05. The predicted octanol–water partition coefficient (Wildman–Crippen LogP) is 4.30. The molecule has 0 unspecified atom stereocenters. The Labute approximate surface area is 167 Å². The summed E-state index contributed by atoms with van der Waals surface area (Å²) in [5.41, 5.74) is -1.02. The van der Waals surface area contributed by atoms with Crippen molar-refractivity contribution in [2.75, 3.05) is 18.4 Å². The molecule has 0 spiro atoms. The lowest BCUT2D eigenvalue weighted by Crippen LogP contribution is -2.30. The summed E-state index contributed by atoms with van der Waals surface area (Å²) in [6.07, 6.45) is -4.23. The minimum Gasteiger partial charge on any atom is -0.322 e. The Morgan fingerprint density at radius 2 is 1.55 bits per heavy atom. The van der Waals surface area contributed by atoms with Gasteiger partial charge in [-0.15, -0.1) is 0 Å². The van der Waals surface area contributed by atoms with E-state index < -0.39 is 27.7 Å². The van der Waals surface area contributed by atoms with Gasteiger partial charge in [0.05, 0.1) is 10.5 Å². The number of sulfonamides is 1. The number of benzene rings is 2. The van der Waals surface area contributed by atoms with Crippen molar-refractivity contribution in [2.45, 2.75) is 24.9 Å². The van der Waals surface area contributed by atoms with Gasteiger partial charge in [-0.25, -0.2) is 8.42 Å². The normalized spacial score (nSPS) is 12.8. The third kappa shape index (κ3) is 5.68. The molecule has 5 nitrogen and oxygen atoms in total. The number of nitrogens with zero attached hydrogens (tertiary/aromatic N) is 1. The number of allylic oxidation sites excluding steroid dienone is 1. The summed E-state index contributed by atoms with van der Waals surface area (Å²) in [6, 6.07) is 12.3. The Kier molecular flexibility index (Phi) is 7.21. The van der Waals surface area contributed by atoms with Gasteiger partial charge in [0.15, 0.2) is 0 Å². The molecule has 0 saturated carbocycles. The van der Waals surface area contributed by atoms with Crippen molar-refractivity contribution in [1.29, 1.82) is 0 Å². The summed E-state index contributed by atoms with van der Waals surface area (Å²) in [7, 11) is -3.66. The van der Waals surface area contributed by atoms with Crippen molar-refractivity contribution in [3.63, 3.8) is 0 Å². The fourth-order valence-electron chi connectivity index (χ4n) is 2.68. The molecule has 2 aromatic carbocycles. The van der Waals surface area contributed by atoms with Crippen LogP contribution in [0.4, 0.5) is 18.9 Å². The zero-order chi connectivity index (χ0) is 21.7. The van der Waals surface area contributed by atoms with Gasteiger partial charge in [-0.2, -0.15) is 17.5 Å². The van der Waals surface area contributed by atoms with E-state index in [9.17, 15) is 26.4 Å². The Morgan fingerprint density at radius 3 is 2.03 bits per heavy atom. The lowest BCUT2D eigenvalue weighted by atomic mass is 10.1. The van der Waals surface area contributed by atoms with Crippen LogP contribution in [0.2, 0.25) is 0 Å². The van der Waals surface area contributed by atoms with Crippen LogP contribution in [-0.2, 0) is 14.8 Å². The van der Waals surface area contributed by atoms with Crippen LogP contribution in [-0.4, -0.2) is 37.9 Å². The van der Waals surface area contributed by atoms with Crippen molar-refractivity contribution >= 4 is 27.2 Å². The molecule has 0 fully saturated rings. The molecule has 1 amide bonds. The van der Waals surface area contributed by atoms with Gasteiger partial charge in [-0.3, -0.25) is 4.79 Å². The van der Waals surface area contributed by atoms with E-state index in [2.05, 4.69) is 5.32 Å². The molecule has 0 saturated heterocycles. The highest BCUT2D eigenvalue weighted by molar-refractivity contribution is 7.89. The van der Waals surface area contributed by atoms with E-state index in [0.717, 1.165) is 0 Å². The van der Waals surface area contributed by atoms with E-state index in [4.69, 9.17) is 0 Å². The van der Waals surface area contributed by atoms with Crippen LogP contribution in [0.3, 0.4) is 0 Å². The van der Waals surface area contributed by atoms with Gasteiger partial charge in [0.1, 0.15) is 0 Å². The lowest BCUT2D eigenvalue weighted by Gasteiger charge is -2.18. The summed E-state index contributed by atoms with van der Waals surface area (Å²) < 4.78 is 66.1. The topological polar surface area (TPSA) is 66.5 Å². The number of hydrogen-bond donors (Lipinski definition) is 1. The second kappa shape index (κ2) is 9.23. The van der Waals surface area contributed by atoms with Crippen LogP contribution in [0.25, 0.3) is 5.57 Å². The molecule has 2 aromatic rings. The molecule has 0 atom stereocenters. The summed E-state index contributed by atoms with van der Waals surface area (Å²) in [4.78, 5) is 12.1. The van der Waals surface area contributed by atoms with Crippen LogP contribution in [0, 0.1) is 0 Å². The van der Waals surface area contributed by atoms with E-state index in [1.807, 2.05) is 0 Å². The lowest BCUT2D eigenvalue weighted by molar-refractivity contribution is -0.112. The van der Waals surface area contributed by atoms with Gasteiger partial charge in [0.25, 0.3) is 0 Å². The first-order valence-electron chi connectivity index (χ1n) is 8.85. The molecule has 0 bridgehead atoms. The number of amides is 1. The molecule has 0 radical (unpaired) electrons. The van der Waals surface area contributed by atoms with E-state index in [0.29, 0.717) is 19.2 Å². The Bertz CT molecular complexity index is 966. The molecule has 0 aromatic heterocycles. The number of nitrogens with one attached hydrogen (secondary N) is 1. The zero-order valence-electron chi connectivity index (χ0n) is 15.9. The highest BCUT2D eigenvalue weighted by atomic mass is 32.2. The molecule has 0 heterocycles. The minimum atomic E-state index is -4.71. The average molecular weight is 426 g/mol. The van der Waals surface area contributed by atoms with Crippen LogP contribution in [0.5, 0.6) is 0 Å². The average Bonchev–Trinajstić information content (AvgIpc) is 2.67. The van der Waals surface area contributed by atoms with E-state index in [-0.39, 0.29) is 16.1 Å². The maximum Gasteiger partial charge on any atom is 0.417 e. The third-order valence-corrected chi connectivity index (χ3v) is 6.19. The van der Waals surface area contributed by atoms with Crippen molar-refractivity contribution in [2.24, 2.45) is 0 Å². The highest BCUT2D eigenvalue weighted by Crippen LogP contribution is 2.33. The molecule has 2 rings (SSSR count). The summed E-state index contributed by atoms with van der Waals surface area (Å²) >= 11 is 0. The minimum absolute atomic E-state index is 0.0370. The highest BCUT2D eigenvalue weighted by Gasteiger charge is 2.35. The molecule has 29 heavy (non-hydrogen) atoms. The molecule has 0 aliphatic heterocycles. The number of hydrogen-bond acceptors (Lipinski definition) is 3. The maximum absolute atomic E-state index is 13.3. The van der Waals surface area contributed by atoms with Crippen molar-refractivity contribution < 1.29 is 26.4 Å². The smallest absolute Gasteiger partial charge is 0.322 e. The fourth-order valence-corrected chi connectivity index (χ4v) is 4.14. The first kappa shape index (κ1) is 22.6. The maximum atomic E-state index is 13.3. The quantitative estimate of drug-likeness (QED) is 0.672.